The lowest BCUT2D eigenvalue weighted by molar-refractivity contribution is 0.348. The third-order valence-corrected chi connectivity index (χ3v) is 5.36. The van der Waals surface area contributed by atoms with E-state index in [2.05, 4.69) is 15.6 Å². The summed E-state index contributed by atoms with van der Waals surface area (Å²) in [6.07, 6.45) is 1.83. The van der Waals surface area contributed by atoms with Crippen molar-refractivity contribution in [3.8, 4) is 0 Å². The Morgan fingerprint density at radius 2 is 1.77 bits per heavy atom. The van der Waals surface area contributed by atoms with Crippen molar-refractivity contribution in [2.75, 3.05) is 32.1 Å². The summed E-state index contributed by atoms with van der Waals surface area (Å²) in [5.74, 6) is 0.563. The molecule has 2 N–H and O–H groups in total. The molecule has 0 atom stereocenters. The van der Waals surface area contributed by atoms with Gasteiger partial charge in [-0.1, -0.05) is 39.8 Å². The average Bonchev–Trinajstić information content (AvgIpc) is 2.52. The number of nitrogens with one attached hydrogen (secondary N) is 2. The highest BCUT2D eigenvalue weighted by molar-refractivity contribution is 7.90. The van der Waals surface area contributed by atoms with Crippen molar-refractivity contribution >= 4 is 15.8 Å². The smallest absolute Gasteiger partial charge is 0.191 e. The van der Waals surface area contributed by atoms with Crippen LogP contribution in [-0.2, 0) is 15.3 Å². The van der Waals surface area contributed by atoms with Crippen LogP contribution in [0.5, 0.6) is 0 Å². The molecule has 0 bridgehead atoms. The third kappa shape index (κ3) is 8.17. The number of sulfone groups is 1. The van der Waals surface area contributed by atoms with Crippen molar-refractivity contribution in [1.29, 1.82) is 0 Å². The molecule has 5 nitrogen and oxygen atoms in total. The van der Waals surface area contributed by atoms with Gasteiger partial charge in [0.25, 0.3) is 0 Å². The van der Waals surface area contributed by atoms with Crippen LogP contribution < -0.4 is 10.6 Å². The number of hydrogen-bond acceptors (Lipinski definition) is 3. The molecule has 148 valence electrons. The predicted octanol–water partition coefficient (Wildman–Crippen LogP) is 2.73. The fraction of sp³-hybridized carbons (Fsp3) is 0.632. The van der Waals surface area contributed by atoms with Crippen LogP contribution in [0, 0.1) is 11.2 Å². The number of rotatable bonds is 8. The zero-order valence-corrected chi connectivity index (χ0v) is 17.5. The highest BCUT2D eigenvalue weighted by Gasteiger charge is 2.23. The summed E-state index contributed by atoms with van der Waals surface area (Å²) in [6.45, 7) is 9.31. The number of guanidine groups is 1. The van der Waals surface area contributed by atoms with Crippen LogP contribution in [0.4, 0.5) is 4.39 Å². The van der Waals surface area contributed by atoms with E-state index in [-0.39, 0.29) is 22.4 Å². The third-order valence-electron chi connectivity index (χ3n) is 4.41. The fourth-order valence-electron chi connectivity index (χ4n) is 2.41. The van der Waals surface area contributed by atoms with Crippen LogP contribution in [0.15, 0.2) is 29.3 Å². The van der Waals surface area contributed by atoms with Gasteiger partial charge in [0.05, 0.1) is 5.75 Å². The first-order valence-corrected chi connectivity index (χ1v) is 10.8. The van der Waals surface area contributed by atoms with Crippen molar-refractivity contribution in [2.24, 2.45) is 10.4 Å². The van der Waals surface area contributed by atoms with E-state index in [1.165, 1.54) is 12.3 Å². The van der Waals surface area contributed by atoms with E-state index in [9.17, 15) is 12.8 Å². The van der Waals surface area contributed by atoms with Gasteiger partial charge in [0.1, 0.15) is 15.7 Å². The van der Waals surface area contributed by atoms with Gasteiger partial charge in [-0.15, -0.1) is 0 Å². The Labute approximate surface area is 157 Å². The zero-order chi connectivity index (χ0) is 20.0. The van der Waals surface area contributed by atoms with E-state index in [4.69, 9.17) is 0 Å². The molecule has 1 rings (SSSR count). The largest absolute Gasteiger partial charge is 0.356 e. The lowest BCUT2D eigenvalue weighted by Gasteiger charge is -2.29. The van der Waals surface area contributed by atoms with Gasteiger partial charge in [0.2, 0.25) is 0 Å². The first kappa shape index (κ1) is 22.4. The highest BCUT2D eigenvalue weighted by Crippen LogP contribution is 2.23. The van der Waals surface area contributed by atoms with Gasteiger partial charge in [-0.2, -0.15) is 0 Å². The van der Waals surface area contributed by atoms with E-state index >= 15 is 0 Å². The second kappa shape index (κ2) is 8.84. The molecule has 0 saturated carbocycles. The minimum Gasteiger partial charge on any atom is -0.356 e. The van der Waals surface area contributed by atoms with Crippen LogP contribution >= 0.6 is 0 Å². The lowest BCUT2D eigenvalue weighted by Crippen LogP contribution is -2.46. The summed E-state index contributed by atoms with van der Waals surface area (Å²) in [7, 11) is -1.28. The second-order valence-electron chi connectivity index (χ2n) is 8.22. The molecule has 0 aliphatic rings. The van der Waals surface area contributed by atoms with E-state index in [0.717, 1.165) is 5.56 Å². The number of nitrogens with zero attached hydrogens (tertiary/aromatic N) is 1. The molecule has 0 aromatic heterocycles. The minimum atomic E-state index is -2.97. The number of halogens is 1. The van der Waals surface area contributed by atoms with E-state index in [0.29, 0.717) is 25.5 Å². The topological polar surface area (TPSA) is 70.6 Å². The summed E-state index contributed by atoms with van der Waals surface area (Å²) in [4.78, 5) is 4.22. The molecule has 0 unspecified atom stereocenters. The average molecular weight is 386 g/mol. The monoisotopic (exact) mass is 385 g/mol. The molecule has 1 aromatic carbocycles. The molecule has 1 aromatic rings. The van der Waals surface area contributed by atoms with Crippen LogP contribution in [0.3, 0.4) is 0 Å². The maximum Gasteiger partial charge on any atom is 0.191 e. The summed E-state index contributed by atoms with van der Waals surface area (Å²) >= 11 is 0. The molecule has 0 radical (unpaired) electrons. The molecule has 7 heteroatoms. The molecule has 0 aliphatic carbocycles. The Balaban J connectivity index is 2.60. The summed E-state index contributed by atoms with van der Waals surface area (Å²) in [5, 5.41) is 6.52. The normalized spacial score (nSPS) is 13.6. The van der Waals surface area contributed by atoms with Crippen LogP contribution in [0.25, 0.3) is 0 Å². The van der Waals surface area contributed by atoms with Crippen molar-refractivity contribution in [3.05, 3.63) is 35.6 Å². The van der Waals surface area contributed by atoms with Gasteiger partial charge in [0, 0.05) is 31.8 Å². The quantitative estimate of drug-likeness (QED) is 0.533. The lowest BCUT2D eigenvalue weighted by atomic mass is 9.84. The fourth-order valence-corrected chi connectivity index (χ4v) is 3.33. The minimum absolute atomic E-state index is 0.167. The Hall–Kier alpha value is -1.63. The SMILES string of the molecule is CN=C(NCC(C)(C)CCS(C)(=O)=O)NCC(C)(C)c1cccc(F)c1. The van der Waals surface area contributed by atoms with Crippen LogP contribution in [0.2, 0.25) is 0 Å². The maximum atomic E-state index is 13.5. The van der Waals surface area contributed by atoms with Gasteiger partial charge < -0.3 is 10.6 Å². The second-order valence-corrected chi connectivity index (χ2v) is 10.5. The molecule has 0 aliphatic heterocycles. The standard InChI is InChI=1S/C19H32FN3O2S/c1-18(2,10-11-26(6,24)25)13-22-17(21-5)23-14-19(3,4)15-8-7-9-16(20)12-15/h7-9,12H,10-11,13-14H2,1-6H3,(H2,21,22,23). The molecule has 0 spiro atoms. The zero-order valence-electron chi connectivity index (χ0n) is 16.7. The molecule has 0 saturated heterocycles. The molecular formula is C19H32FN3O2S. The van der Waals surface area contributed by atoms with E-state index < -0.39 is 9.84 Å². The van der Waals surface area contributed by atoms with Gasteiger partial charge in [-0.05, 0) is 29.5 Å². The number of benzene rings is 1. The Morgan fingerprint density at radius 1 is 1.15 bits per heavy atom. The van der Waals surface area contributed by atoms with Gasteiger partial charge in [-0.3, -0.25) is 4.99 Å². The highest BCUT2D eigenvalue weighted by atomic mass is 32.2. The molecule has 0 heterocycles. The molecule has 26 heavy (non-hydrogen) atoms. The van der Waals surface area contributed by atoms with Crippen molar-refractivity contribution in [2.45, 2.75) is 39.5 Å². The Kier molecular flexibility index (Phi) is 7.62. The van der Waals surface area contributed by atoms with Gasteiger partial charge in [-0.25, -0.2) is 12.8 Å². The molecular weight excluding hydrogens is 353 g/mol. The Morgan fingerprint density at radius 3 is 2.31 bits per heavy atom. The van der Waals surface area contributed by atoms with Crippen LogP contribution in [0.1, 0.15) is 39.7 Å². The molecule has 0 fully saturated rings. The van der Waals surface area contributed by atoms with E-state index in [1.807, 2.05) is 33.8 Å². The van der Waals surface area contributed by atoms with Crippen molar-refractivity contribution < 1.29 is 12.8 Å². The summed E-state index contributed by atoms with van der Waals surface area (Å²) in [6, 6.07) is 6.61. The Bertz CT molecular complexity index is 728. The van der Waals surface area contributed by atoms with Gasteiger partial charge >= 0.3 is 0 Å². The van der Waals surface area contributed by atoms with E-state index in [1.54, 1.807) is 19.2 Å². The first-order valence-electron chi connectivity index (χ1n) is 8.73. The van der Waals surface area contributed by atoms with Gasteiger partial charge in [0.15, 0.2) is 5.96 Å². The predicted molar refractivity (Wildman–Crippen MR) is 107 cm³/mol. The first-order chi connectivity index (χ1) is 11.8. The maximum absolute atomic E-state index is 13.5. The molecule has 0 amide bonds. The van der Waals surface area contributed by atoms with Crippen molar-refractivity contribution in [3.63, 3.8) is 0 Å². The number of aliphatic imine (C=N–C) groups is 1. The van der Waals surface area contributed by atoms with Crippen LogP contribution in [-0.4, -0.2) is 46.5 Å². The van der Waals surface area contributed by atoms with Crippen molar-refractivity contribution in [1.82, 2.24) is 10.6 Å². The number of hydrogen-bond donors (Lipinski definition) is 2. The summed E-state index contributed by atoms with van der Waals surface area (Å²) in [5.41, 5.74) is 0.457. The summed E-state index contributed by atoms with van der Waals surface area (Å²) < 4.78 is 36.2.